The molecule has 0 saturated carbocycles. The van der Waals surface area contributed by atoms with Gasteiger partial charge in [0.2, 0.25) is 0 Å². The number of hydrogen-bond acceptors (Lipinski definition) is 1. The molecular weight excluding hydrogens is 196 g/mol. The van der Waals surface area contributed by atoms with E-state index in [9.17, 15) is 0 Å². The fraction of sp³-hybridized carbons (Fsp3) is 0.333. The van der Waals surface area contributed by atoms with E-state index in [-0.39, 0.29) is 6.10 Å². The maximum absolute atomic E-state index is 6.16. The van der Waals surface area contributed by atoms with Gasteiger partial charge in [-0.3, -0.25) is 0 Å². The van der Waals surface area contributed by atoms with E-state index >= 15 is 0 Å². The molecule has 1 unspecified atom stereocenters. The van der Waals surface area contributed by atoms with Gasteiger partial charge in [0.15, 0.2) is 0 Å². The van der Waals surface area contributed by atoms with Gasteiger partial charge in [-0.1, -0.05) is 41.9 Å². The summed E-state index contributed by atoms with van der Waals surface area (Å²) in [6.45, 7) is 0.837. The highest BCUT2D eigenvalue weighted by Gasteiger charge is 2.18. The zero-order valence-corrected chi connectivity index (χ0v) is 8.70. The van der Waals surface area contributed by atoms with Gasteiger partial charge in [-0.2, -0.15) is 0 Å². The van der Waals surface area contributed by atoms with Crippen molar-refractivity contribution in [2.24, 2.45) is 0 Å². The van der Waals surface area contributed by atoms with Crippen LogP contribution in [0.4, 0.5) is 0 Å². The van der Waals surface area contributed by atoms with Crippen molar-refractivity contribution >= 4 is 17.7 Å². The molecule has 1 aromatic rings. The fourth-order valence-electron chi connectivity index (χ4n) is 1.60. The van der Waals surface area contributed by atoms with Crippen LogP contribution >= 0.6 is 11.6 Å². The molecule has 2 rings (SSSR count). The van der Waals surface area contributed by atoms with E-state index in [1.165, 1.54) is 0 Å². The average Bonchev–Trinajstić information content (AvgIpc) is 2.72. The van der Waals surface area contributed by atoms with Gasteiger partial charge in [-0.15, -0.1) is 0 Å². The molecular formula is C12H13ClO. The molecule has 1 aliphatic heterocycles. The van der Waals surface area contributed by atoms with Gasteiger partial charge in [0, 0.05) is 11.6 Å². The third kappa shape index (κ3) is 2.37. The highest BCUT2D eigenvalue weighted by atomic mass is 35.5. The van der Waals surface area contributed by atoms with Crippen molar-refractivity contribution in [2.75, 3.05) is 6.61 Å². The molecule has 0 amide bonds. The summed E-state index contributed by atoms with van der Waals surface area (Å²) in [5, 5.41) is 0.814. The van der Waals surface area contributed by atoms with Crippen molar-refractivity contribution in [1.29, 1.82) is 0 Å². The fourth-order valence-corrected chi connectivity index (χ4v) is 1.89. The van der Waals surface area contributed by atoms with E-state index in [1.54, 1.807) is 0 Å². The van der Waals surface area contributed by atoms with Crippen LogP contribution in [0.1, 0.15) is 18.4 Å². The molecule has 1 saturated heterocycles. The molecule has 1 aliphatic rings. The molecule has 0 spiro atoms. The lowest BCUT2D eigenvalue weighted by atomic mass is 10.1. The largest absolute Gasteiger partial charge is 0.373 e. The first kappa shape index (κ1) is 9.75. The van der Waals surface area contributed by atoms with Crippen LogP contribution in [-0.4, -0.2) is 12.7 Å². The molecule has 0 aliphatic carbocycles. The highest BCUT2D eigenvalue weighted by molar-refractivity contribution is 6.32. The van der Waals surface area contributed by atoms with E-state index < -0.39 is 0 Å². The Morgan fingerprint density at radius 3 is 2.79 bits per heavy atom. The van der Waals surface area contributed by atoms with Crippen LogP contribution in [0.15, 0.2) is 35.4 Å². The molecule has 1 heterocycles. The Bertz CT molecular complexity index is 312. The first-order chi connectivity index (χ1) is 6.86. The smallest absolute Gasteiger partial charge is 0.0931 e. The highest BCUT2D eigenvalue weighted by Crippen LogP contribution is 2.24. The maximum atomic E-state index is 6.16. The van der Waals surface area contributed by atoms with Crippen molar-refractivity contribution in [1.82, 2.24) is 0 Å². The van der Waals surface area contributed by atoms with E-state index in [0.29, 0.717) is 0 Å². The van der Waals surface area contributed by atoms with Crippen LogP contribution in [0, 0.1) is 0 Å². The summed E-state index contributed by atoms with van der Waals surface area (Å²) in [6, 6.07) is 10.1. The first-order valence-corrected chi connectivity index (χ1v) is 5.28. The SMILES string of the molecule is Cl/C(=C\c1ccccc1)C1CCCO1. The Labute approximate surface area is 89.3 Å². The molecule has 74 valence electrons. The van der Waals surface area contributed by atoms with Crippen LogP contribution in [0.3, 0.4) is 0 Å². The van der Waals surface area contributed by atoms with Crippen LogP contribution in [0.25, 0.3) is 6.08 Å². The van der Waals surface area contributed by atoms with Gasteiger partial charge >= 0.3 is 0 Å². The zero-order valence-electron chi connectivity index (χ0n) is 7.95. The lowest BCUT2D eigenvalue weighted by molar-refractivity contribution is 0.143. The molecule has 0 radical (unpaired) electrons. The third-order valence-electron chi connectivity index (χ3n) is 2.34. The molecule has 1 nitrogen and oxygen atoms in total. The predicted molar refractivity (Wildman–Crippen MR) is 59.2 cm³/mol. The quantitative estimate of drug-likeness (QED) is 0.724. The summed E-state index contributed by atoms with van der Waals surface area (Å²) in [4.78, 5) is 0. The van der Waals surface area contributed by atoms with Gasteiger partial charge in [0.25, 0.3) is 0 Å². The van der Waals surface area contributed by atoms with Crippen molar-refractivity contribution in [3.05, 3.63) is 40.9 Å². The maximum Gasteiger partial charge on any atom is 0.0931 e. The number of rotatable bonds is 2. The predicted octanol–water partition coefficient (Wildman–Crippen LogP) is 3.45. The normalized spacial score (nSPS) is 22.6. The van der Waals surface area contributed by atoms with Gasteiger partial charge in [-0.25, -0.2) is 0 Å². The van der Waals surface area contributed by atoms with Crippen molar-refractivity contribution in [3.8, 4) is 0 Å². The van der Waals surface area contributed by atoms with E-state index in [0.717, 1.165) is 30.0 Å². The van der Waals surface area contributed by atoms with Crippen molar-refractivity contribution in [2.45, 2.75) is 18.9 Å². The van der Waals surface area contributed by atoms with Crippen LogP contribution in [0.2, 0.25) is 0 Å². The summed E-state index contributed by atoms with van der Waals surface area (Å²) in [5.74, 6) is 0. The van der Waals surface area contributed by atoms with Gasteiger partial charge in [0.1, 0.15) is 0 Å². The number of hydrogen-bond donors (Lipinski definition) is 0. The summed E-state index contributed by atoms with van der Waals surface area (Å²) >= 11 is 6.16. The molecule has 1 aromatic carbocycles. The zero-order chi connectivity index (χ0) is 9.80. The first-order valence-electron chi connectivity index (χ1n) is 4.90. The van der Waals surface area contributed by atoms with Crippen molar-refractivity contribution in [3.63, 3.8) is 0 Å². The second-order valence-corrected chi connectivity index (χ2v) is 3.88. The Kier molecular flexibility index (Phi) is 3.22. The van der Waals surface area contributed by atoms with Gasteiger partial charge in [0.05, 0.1) is 6.10 Å². The van der Waals surface area contributed by atoms with Crippen LogP contribution in [0.5, 0.6) is 0 Å². The number of ether oxygens (including phenoxy) is 1. The number of halogens is 1. The summed E-state index contributed by atoms with van der Waals surface area (Å²) < 4.78 is 5.49. The number of benzene rings is 1. The van der Waals surface area contributed by atoms with E-state index in [4.69, 9.17) is 16.3 Å². The standard InChI is InChI=1S/C12H13ClO/c13-11(12-7-4-8-14-12)9-10-5-2-1-3-6-10/h1-3,5-6,9,12H,4,7-8H2/b11-9-. The Hall–Kier alpha value is -0.790. The van der Waals surface area contributed by atoms with Crippen LogP contribution in [-0.2, 0) is 4.74 Å². The molecule has 2 heteroatoms. The molecule has 1 atom stereocenters. The van der Waals surface area contributed by atoms with Gasteiger partial charge in [-0.05, 0) is 24.5 Å². The minimum absolute atomic E-state index is 0.122. The average molecular weight is 209 g/mol. The Balaban J connectivity index is 2.10. The second-order valence-electron chi connectivity index (χ2n) is 3.44. The minimum atomic E-state index is 0.122. The van der Waals surface area contributed by atoms with Crippen LogP contribution < -0.4 is 0 Å². The minimum Gasteiger partial charge on any atom is -0.373 e. The monoisotopic (exact) mass is 208 g/mol. The molecule has 0 N–H and O–H groups in total. The second kappa shape index (κ2) is 4.63. The molecule has 14 heavy (non-hydrogen) atoms. The molecule has 0 bridgehead atoms. The summed E-state index contributed by atoms with van der Waals surface area (Å²) in [6.07, 6.45) is 4.26. The summed E-state index contributed by atoms with van der Waals surface area (Å²) in [7, 11) is 0. The molecule has 1 fully saturated rings. The lowest BCUT2D eigenvalue weighted by Crippen LogP contribution is -2.03. The lowest BCUT2D eigenvalue weighted by Gasteiger charge is -2.07. The Morgan fingerprint density at radius 2 is 2.14 bits per heavy atom. The van der Waals surface area contributed by atoms with E-state index in [1.807, 2.05) is 36.4 Å². The third-order valence-corrected chi connectivity index (χ3v) is 2.69. The molecule has 0 aromatic heterocycles. The Morgan fingerprint density at radius 1 is 1.36 bits per heavy atom. The van der Waals surface area contributed by atoms with Gasteiger partial charge < -0.3 is 4.74 Å². The van der Waals surface area contributed by atoms with E-state index in [2.05, 4.69) is 0 Å². The summed E-state index contributed by atoms with van der Waals surface area (Å²) in [5.41, 5.74) is 1.13. The van der Waals surface area contributed by atoms with Crippen molar-refractivity contribution < 1.29 is 4.74 Å². The topological polar surface area (TPSA) is 9.23 Å².